The van der Waals surface area contributed by atoms with Crippen molar-refractivity contribution in [1.82, 2.24) is 0 Å². The fourth-order valence-electron chi connectivity index (χ4n) is 4.77. The summed E-state index contributed by atoms with van der Waals surface area (Å²) in [5.74, 6) is 0.495. The van der Waals surface area contributed by atoms with Crippen LogP contribution in [0, 0.1) is 3.57 Å². The summed E-state index contributed by atoms with van der Waals surface area (Å²) in [5.41, 5.74) is 0. The van der Waals surface area contributed by atoms with E-state index >= 15 is 0 Å². The van der Waals surface area contributed by atoms with Crippen molar-refractivity contribution in [2.24, 2.45) is 0 Å². The Bertz CT molecular complexity index is 1070. The van der Waals surface area contributed by atoms with E-state index in [4.69, 9.17) is 13.9 Å². The van der Waals surface area contributed by atoms with Gasteiger partial charge in [-0.15, -0.1) is 0 Å². The van der Waals surface area contributed by atoms with Crippen molar-refractivity contribution in [3.05, 3.63) is 88.5 Å². The number of aliphatic hydroxyl groups is 3. The minimum Gasteiger partial charge on any atom is -0.462 e. The zero-order valence-electron chi connectivity index (χ0n) is 20.6. The monoisotopic (exact) mass is 620 g/mol. The molecular formula is C28H33IO6Si. The minimum atomic E-state index is -2.88. The van der Waals surface area contributed by atoms with Gasteiger partial charge in [-0.3, -0.25) is 0 Å². The lowest BCUT2D eigenvalue weighted by atomic mass is 9.99. The van der Waals surface area contributed by atoms with Gasteiger partial charge in [0.25, 0.3) is 8.32 Å². The van der Waals surface area contributed by atoms with Gasteiger partial charge in [-0.05, 0) is 62.3 Å². The molecule has 192 valence electrons. The molecule has 0 amide bonds. The summed E-state index contributed by atoms with van der Waals surface area (Å²) in [4.78, 5) is 0. The first-order chi connectivity index (χ1) is 17.1. The number of aliphatic hydroxyl groups excluding tert-OH is 3. The van der Waals surface area contributed by atoms with Gasteiger partial charge in [-0.1, -0.05) is 81.4 Å². The summed E-state index contributed by atoms with van der Waals surface area (Å²) in [5, 5.41) is 33.9. The van der Waals surface area contributed by atoms with Crippen molar-refractivity contribution in [3.8, 4) is 5.75 Å². The van der Waals surface area contributed by atoms with Crippen LogP contribution in [0.5, 0.6) is 5.75 Å². The number of halogens is 1. The van der Waals surface area contributed by atoms with Crippen LogP contribution in [0.3, 0.4) is 0 Å². The third-order valence-electron chi connectivity index (χ3n) is 6.62. The molecular weight excluding hydrogens is 587 g/mol. The third kappa shape index (κ3) is 5.55. The lowest BCUT2D eigenvalue weighted by Gasteiger charge is -2.45. The quantitative estimate of drug-likeness (QED) is 0.278. The molecule has 5 atom stereocenters. The average molecular weight is 621 g/mol. The Morgan fingerprint density at radius 1 is 0.778 bits per heavy atom. The number of ether oxygens (including phenoxy) is 2. The first kappa shape index (κ1) is 27.2. The standard InChI is InChI=1S/C28H33IO6Si/c1-28(2,3)36(21-10-6-4-7-11-21,22-12-8-5-9-13-22)33-18-23-24(30)25(31)26(32)27(35-23)34-20-16-14-19(29)15-17-20/h4-17,23-27,30-32H,18H2,1-3H3/t23-,24+,25+,26-,27+/m1/s1. The zero-order chi connectivity index (χ0) is 25.9. The van der Waals surface area contributed by atoms with E-state index in [2.05, 4.69) is 67.6 Å². The first-order valence-electron chi connectivity index (χ1n) is 12.0. The Kier molecular flexibility index (Phi) is 8.55. The van der Waals surface area contributed by atoms with E-state index in [1.807, 2.05) is 48.5 Å². The van der Waals surface area contributed by atoms with Gasteiger partial charge in [0.05, 0.1) is 6.61 Å². The maximum Gasteiger partial charge on any atom is 0.261 e. The van der Waals surface area contributed by atoms with E-state index in [1.54, 1.807) is 12.1 Å². The molecule has 3 aromatic carbocycles. The summed E-state index contributed by atoms with van der Waals surface area (Å²) in [6.45, 7) is 6.51. The predicted octanol–water partition coefficient (Wildman–Crippen LogP) is 3.05. The summed E-state index contributed by atoms with van der Waals surface area (Å²) in [6, 6.07) is 27.6. The molecule has 0 saturated carbocycles. The second-order valence-electron chi connectivity index (χ2n) is 10.1. The predicted molar refractivity (Wildman–Crippen MR) is 150 cm³/mol. The number of rotatable bonds is 7. The van der Waals surface area contributed by atoms with Gasteiger partial charge in [0.15, 0.2) is 0 Å². The van der Waals surface area contributed by atoms with Crippen LogP contribution in [0.2, 0.25) is 5.04 Å². The fraction of sp³-hybridized carbons (Fsp3) is 0.357. The second kappa shape index (κ2) is 11.3. The van der Waals surface area contributed by atoms with Crippen molar-refractivity contribution in [2.75, 3.05) is 6.61 Å². The van der Waals surface area contributed by atoms with Crippen molar-refractivity contribution in [3.63, 3.8) is 0 Å². The number of hydrogen-bond donors (Lipinski definition) is 3. The highest BCUT2D eigenvalue weighted by Crippen LogP contribution is 2.37. The molecule has 8 heteroatoms. The molecule has 36 heavy (non-hydrogen) atoms. The van der Waals surface area contributed by atoms with Crippen LogP contribution in [-0.2, 0) is 9.16 Å². The van der Waals surface area contributed by atoms with Gasteiger partial charge < -0.3 is 29.2 Å². The topological polar surface area (TPSA) is 88.4 Å². The highest BCUT2D eigenvalue weighted by atomic mass is 127. The Morgan fingerprint density at radius 3 is 1.81 bits per heavy atom. The van der Waals surface area contributed by atoms with Gasteiger partial charge in [0.1, 0.15) is 30.2 Å². The lowest BCUT2D eigenvalue weighted by Crippen LogP contribution is -2.68. The lowest BCUT2D eigenvalue weighted by molar-refractivity contribution is -0.276. The summed E-state index contributed by atoms with van der Waals surface area (Å²) in [6.07, 6.45) is -6.26. The van der Waals surface area contributed by atoms with Crippen LogP contribution < -0.4 is 15.1 Å². The summed E-state index contributed by atoms with van der Waals surface area (Å²) >= 11 is 2.19. The van der Waals surface area contributed by atoms with Crippen LogP contribution >= 0.6 is 22.6 Å². The Morgan fingerprint density at radius 2 is 1.31 bits per heavy atom. The second-order valence-corrected chi connectivity index (χ2v) is 15.6. The van der Waals surface area contributed by atoms with Crippen molar-refractivity contribution in [1.29, 1.82) is 0 Å². The molecule has 1 saturated heterocycles. The van der Waals surface area contributed by atoms with E-state index in [9.17, 15) is 15.3 Å². The molecule has 4 rings (SSSR count). The van der Waals surface area contributed by atoms with Gasteiger partial charge >= 0.3 is 0 Å². The molecule has 1 aliphatic rings. The minimum absolute atomic E-state index is 0.0186. The fourth-order valence-corrected chi connectivity index (χ4v) is 9.70. The molecule has 6 nitrogen and oxygen atoms in total. The van der Waals surface area contributed by atoms with E-state index in [1.165, 1.54) is 0 Å². The average Bonchev–Trinajstić information content (AvgIpc) is 2.87. The Hall–Kier alpha value is -1.79. The van der Waals surface area contributed by atoms with Gasteiger partial charge in [-0.2, -0.15) is 0 Å². The van der Waals surface area contributed by atoms with E-state index < -0.39 is 39.0 Å². The van der Waals surface area contributed by atoms with Crippen LogP contribution in [0.4, 0.5) is 0 Å². The maximum absolute atomic E-state index is 10.8. The molecule has 3 aromatic rings. The van der Waals surface area contributed by atoms with Crippen LogP contribution in [-0.4, -0.2) is 60.9 Å². The molecule has 0 unspecified atom stereocenters. The van der Waals surface area contributed by atoms with Crippen molar-refractivity contribution < 1.29 is 29.2 Å². The molecule has 1 aliphatic heterocycles. The highest BCUT2D eigenvalue weighted by molar-refractivity contribution is 14.1. The zero-order valence-corrected chi connectivity index (χ0v) is 23.8. The largest absolute Gasteiger partial charge is 0.462 e. The Balaban J connectivity index is 1.64. The van der Waals surface area contributed by atoms with E-state index in [0.717, 1.165) is 13.9 Å². The van der Waals surface area contributed by atoms with Crippen molar-refractivity contribution >= 4 is 41.3 Å². The van der Waals surface area contributed by atoms with Gasteiger partial charge in [-0.25, -0.2) is 0 Å². The third-order valence-corrected chi connectivity index (χ3v) is 12.3. The highest BCUT2D eigenvalue weighted by Gasteiger charge is 2.52. The van der Waals surface area contributed by atoms with Crippen LogP contribution in [0.15, 0.2) is 84.9 Å². The SMILES string of the molecule is CC(C)(C)[Si](OC[C@H]1O[C@H](Oc2ccc(I)cc2)[C@H](O)[C@@H](O)[C@H]1O)(c1ccccc1)c1ccccc1. The van der Waals surface area contributed by atoms with Crippen LogP contribution in [0.25, 0.3) is 0 Å². The Labute approximate surface area is 227 Å². The van der Waals surface area contributed by atoms with E-state index in [-0.39, 0.29) is 11.6 Å². The smallest absolute Gasteiger partial charge is 0.261 e. The number of hydrogen-bond acceptors (Lipinski definition) is 6. The first-order valence-corrected chi connectivity index (χ1v) is 15.0. The van der Waals surface area contributed by atoms with E-state index in [0.29, 0.717) is 5.75 Å². The number of benzene rings is 3. The molecule has 0 spiro atoms. The normalized spacial score (nSPS) is 24.9. The molecule has 1 heterocycles. The molecule has 0 bridgehead atoms. The van der Waals surface area contributed by atoms with Crippen molar-refractivity contribution in [2.45, 2.75) is 56.5 Å². The van der Waals surface area contributed by atoms with Gasteiger partial charge in [0, 0.05) is 3.57 Å². The molecule has 0 aliphatic carbocycles. The van der Waals surface area contributed by atoms with Crippen LogP contribution in [0.1, 0.15) is 20.8 Å². The summed E-state index contributed by atoms with van der Waals surface area (Å²) < 4.78 is 19.8. The molecule has 0 aromatic heterocycles. The molecule has 1 fully saturated rings. The summed E-state index contributed by atoms with van der Waals surface area (Å²) in [7, 11) is -2.88. The molecule has 0 radical (unpaired) electrons. The molecule has 3 N–H and O–H groups in total. The van der Waals surface area contributed by atoms with Gasteiger partial charge in [0.2, 0.25) is 6.29 Å². The maximum atomic E-state index is 10.8.